The van der Waals surface area contributed by atoms with Gasteiger partial charge in [-0.25, -0.2) is 4.79 Å². The fraction of sp³-hybridized carbons (Fsp3) is 0.579. The molecule has 5 N–H and O–H groups in total. The van der Waals surface area contributed by atoms with Gasteiger partial charge in [0.25, 0.3) is 5.79 Å². The molecule has 1 aromatic rings. The van der Waals surface area contributed by atoms with Crippen molar-refractivity contribution >= 4 is 11.9 Å². The number of esters is 1. The Labute approximate surface area is 168 Å². The Morgan fingerprint density at radius 1 is 1.31 bits per heavy atom. The first-order valence-electron chi connectivity index (χ1n) is 9.10. The fourth-order valence-electron chi connectivity index (χ4n) is 3.20. The zero-order valence-corrected chi connectivity index (χ0v) is 16.2. The van der Waals surface area contributed by atoms with Gasteiger partial charge in [0.2, 0.25) is 5.91 Å². The smallest absolute Gasteiger partial charge is 0.366 e. The largest absolute Gasteiger partial charge is 0.465 e. The minimum atomic E-state index is -2.10. The van der Waals surface area contributed by atoms with E-state index < -0.39 is 61.1 Å². The lowest BCUT2D eigenvalue weighted by Gasteiger charge is -2.46. The van der Waals surface area contributed by atoms with Crippen molar-refractivity contribution in [3.05, 3.63) is 35.9 Å². The predicted molar refractivity (Wildman–Crippen MR) is 98.2 cm³/mol. The zero-order chi connectivity index (χ0) is 21.6. The highest BCUT2D eigenvalue weighted by Crippen LogP contribution is 2.34. The van der Waals surface area contributed by atoms with Gasteiger partial charge in [-0.2, -0.15) is 0 Å². The number of nitrogens with one attached hydrogen (secondary N) is 1. The molecule has 10 nitrogen and oxygen atoms in total. The molecular formula is C19H27NO9. The highest BCUT2D eigenvalue weighted by Gasteiger charge is 2.56. The Kier molecular flexibility index (Phi) is 8.08. The van der Waals surface area contributed by atoms with Gasteiger partial charge in [-0.15, -0.1) is 0 Å². The third-order valence-electron chi connectivity index (χ3n) is 4.67. The van der Waals surface area contributed by atoms with Crippen LogP contribution in [0.25, 0.3) is 0 Å². The van der Waals surface area contributed by atoms with Gasteiger partial charge in [0, 0.05) is 13.3 Å². The van der Waals surface area contributed by atoms with E-state index in [0.717, 1.165) is 7.11 Å². The van der Waals surface area contributed by atoms with E-state index >= 15 is 0 Å². The first kappa shape index (κ1) is 23.2. The van der Waals surface area contributed by atoms with Gasteiger partial charge >= 0.3 is 5.97 Å². The maximum atomic E-state index is 12.5. The number of ether oxygens (including phenoxy) is 3. The number of methoxy groups -OCH3 is 1. The van der Waals surface area contributed by atoms with Crippen molar-refractivity contribution in [1.29, 1.82) is 0 Å². The summed E-state index contributed by atoms with van der Waals surface area (Å²) >= 11 is 0. The number of aliphatic hydroxyl groups excluding tert-OH is 4. The fourth-order valence-corrected chi connectivity index (χ4v) is 3.20. The van der Waals surface area contributed by atoms with Crippen LogP contribution in [-0.4, -0.2) is 82.3 Å². The van der Waals surface area contributed by atoms with Gasteiger partial charge in [0.15, 0.2) is 0 Å². The van der Waals surface area contributed by atoms with Crippen LogP contribution in [0.2, 0.25) is 0 Å². The molecule has 1 saturated heterocycles. The normalized spacial score (nSPS) is 29.0. The second-order valence-corrected chi connectivity index (χ2v) is 6.84. The Hall–Kier alpha value is -2.08. The third-order valence-corrected chi connectivity index (χ3v) is 4.67. The van der Waals surface area contributed by atoms with Crippen LogP contribution in [0.3, 0.4) is 0 Å². The molecule has 0 radical (unpaired) electrons. The summed E-state index contributed by atoms with van der Waals surface area (Å²) in [6, 6.07) is 7.70. The highest BCUT2D eigenvalue weighted by molar-refractivity contribution is 5.78. The molecule has 0 saturated carbocycles. The molecule has 0 spiro atoms. The van der Waals surface area contributed by atoms with Crippen molar-refractivity contribution in [3.63, 3.8) is 0 Å². The number of aliphatic hydroxyl groups is 4. The van der Waals surface area contributed by atoms with E-state index in [1.165, 1.54) is 6.92 Å². The van der Waals surface area contributed by atoms with Gasteiger partial charge in [-0.1, -0.05) is 30.3 Å². The van der Waals surface area contributed by atoms with Gasteiger partial charge in [0.1, 0.15) is 18.3 Å². The number of carbonyl (C=O) groups excluding carboxylic acids is 2. The van der Waals surface area contributed by atoms with Crippen molar-refractivity contribution in [2.75, 3.05) is 13.7 Å². The molecule has 0 unspecified atom stereocenters. The molecule has 1 aromatic carbocycles. The number of benzene rings is 1. The average molecular weight is 413 g/mol. The summed E-state index contributed by atoms with van der Waals surface area (Å²) in [5.74, 6) is -3.58. The summed E-state index contributed by atoms with van der Waals surface area (Å²) in [6.45, 7) is 0.325. The van der Waals surface area contributed by atoms with Crippen LogP contribution < -0.4 is 5.32 Å². The molecule has 162 valence electrons. The van der Waals surface area contributed by atoms with Crippen molar-refractivity contribution in [2.24, 2.45) is 0 Å². The van der Waals surface area contributed by atoms with E-state index in [1.807, 2.05) is 0 Å². The number of hydrogen-bond donors (Lipinski definition) is 5. The summed E-state index contributed by atoms with van der Waals surface area (Å²) in [4.78, 5) is 24.1. The van der Waals surface area contributed by atoms with Crippen molar-refractivity contribution in [3.8, 4) is 0 Å². The number of amides is 1. The molecule has 1 fully saturated rings. The molecule has 1 heterocycles. The van der Waals surface area contributed by atoms with Gasteiger partial charge in [0.05, 0.1) is 32.5 Å². The zero-order valence-electron chi connectivity index (χ0n) is 16.2. The van der Waals surface area contributed by atoms with Crippen LogP contribution in [0.15, 0.2) is 30.3 Å². The molecule has 0 aliphatic carbocycles. The predicted octanol–water partition coefficient (Wildman–Crippen LogP) is -1.56. The van der Waals surface area contributed by atoms with E-state index in [9.17, 15) is 24.9 Å². The van der Waals surface area contributed by atoms with E-state index in [0.29, 0.717) is 5.56 Å². The van der Waals surface area contributed by atoms with Crippen LogP contribution >= 0.6 is 0 Å². The SMILES string of the molecule is COC(=O)[C@@]1(OCc2ccccc2)C[C@H](O)[C@@H](NC(C)=O)[C@H]([C@H](O)[C@@H](O)CO)O1. The summed E-state index contributed by atoms with van der Waals surface area (Å²) in [6.07, 6.45) is -6.63. The highest BCUT2D eigenvalue weighted by atomic mass is 16.7. The molecule has 1 aliphatic heterocycles. The Morgan fingerprint density at radius 2 is 1.97 bits per heavy atom. The number of hydrogen-bond acceptors (Lipinski definition) is 9. The lowest BCUT2D eigenvalue weighted by molar-refractivity contribution is -0.315. The van der Waals surface area contributed by atoms with Crippen molar-refractivity contribution in [2.45, 2.75) is 56.2 Å². The standard InChI is InChI=1S/C19H27NO9/c1-11(22)20-15-13(23)8-19(18(26)27-2,28-10-12-6-4-3-5-7-12)29-17(15)16(25)14(24)9-21/h3-7,13-17,21,23-25H,8-10H2,1-2H3,(H,20,22)/t13-,14-,15+,16+,17+,19+/m0/s1. The second-order valence-electron chi connectivity index (χ2n) is 6.84. The lowest BCUT2D eigenvalue weighted by atomic mass is 9.88. The molecule has 1 aliphatic rings. The average Bonchev–Trinajstić information content (AvgIpc) is 2.72. The van der Waals surface area contributed by atoms with Gasteiger partial charge in [-0.05, 0) is 5.56 Å². The minimum Gasteiger partial charge on any atom is -0.465 e. The van der Waals surface area contributed by atoms with Crippen LogP contribution in [0, 0.1) is 0 Å². The van der Waals surface area contributed by atoms with Crippen molar-refractivity contribution < 1.29 is 44.2 Å². The third kappa shape index (κ3) is 5.50. The van der Waals surface area contributed by atoms with Crippen LogP contribution in [0.4, 0.5) is 0 Å². The lowest BCUT2D eigenvalue weighted by Crippen LogP contribution is -2.68. The van der Waals surface area contributed by atoms with E-state index in [1.54, 1.807) is 30.3 Å². The van der Waals surface area contributed by atoms with Crippen LogP contribution in [0.1, 0.15) is 18.9 Å². The van der Waals surface area contributed by atoms with Gasteiger partial charge < -0.3 is 40.0 Å². The molecular weight excluding hydrogens is 386 g/mol. The Balaban J connectivity index is 2.35. The Bertz CT molecular complexity index is 686. The molecule has 1 amide bonds. The molecule has 6 atom stereocenters. The molecule has 0 bridgehead atoms. The van der Waals surface area contributed by atoms with E-state index in [4.69, 9.17) is 19.3 Å². The molecule has 29 heavy (non-hydrogen) atoms. The topological polar surface area (TPSA) is 155 Å². The Morgan fingerprint density at radius 3 is 2.52 bits per heavy atom. The van der Waals surface area contributed by atoms with Gasteiger partial charge in [-0.3, -0.25) is 4.79 Å². The van der Waals surface area contributed by atoms with Crippen molar-refractivity contribution in [1.82, 2.24) is 5.32 Å². The first-order chi connectivity index (χ1) is 13.7. The summed E-state index contributed by atoms with van der Waals surface area (Å²) < 4.78 is 16.2. The number of rotatable bonds is 8. The maximum Gasteiger partial charge on any atom is 0.366 e. The van der Waals surface area contributed by atoms with Crippen LogP contribution in [0.5, 0.6) is 0 Å². The molecule has 10 heteroatoms. The monoisotopic (exact) mass is 413 g/mol. The molecule has 0 aromatic heterocycles. The summed E-state index contributed by atoms with van der Waals surface area (Å²) in [7, 11) is 1.11. The first-order valence-corrected chi connectivity index (χ1v) is 9.10. The summed E-state index contributed by atoms with van der Waals surface area (Å²) in [5.41, 5.74) is 0.713. The second kappa shape index (κ2) is 10.1. The quantitative estimate of drug-likeness (QED) is 0.318. The maximum absolute atomic E-state index is 12.5. The summed E-state index contributed by atoms with van der Waals surface area (Å²) in [5, 5.41) is 42.5. The minimum absolute atomic E-state index is 0.0706. The van der Waals surface area contributed by atoms with Crippen LogP contribution in [-0.2, 0) is 30.4 Å². The van der Waals surface area contributed by atoms with E-state index in [-0.39, 0.29) is 6.61 Å². The van der Waals surface area contributed by atoms with E-state index in [2.05, 4.69) is 5.32 Å². The molecule has 2 rings (SSSR count). The number of carbonyl (C=O) groups is 2.